The van der Waals surface area contributed by atoms with E-state index in [0.717, 1.165) is 6.42 Å². The first-order valence-electron chi connectivity index (χ1n) is 8.87. The average Bonchev–Trinajstić information content (AvgIpc) is 2.37. The maximum atomic E-state index is 2.46. The molecule has 0 amide bonds. The third kappa shape index (κ3) is 6.24. The number of allylic oxidation sites excluding steroid dienone is 6. The lowest BCUT2D eigenvalue weighted by atomic mass is 9.71. The molecule has 0 nitrogen and oxygen atoms in total. The maximum Gasteiger partial charge on any atom is -0.0142 e. The molecule has 0 saturated heterocycles. The molecule has 1 rings (SSSR count). The molecule has 0 spiro atoms. The predicted octanol–water partition coefficient (Wildman–Crippen LogP) is 7.38. The third-order valence-electron chi connectivity index (χ3n) is 5.04. The SMILES string of the molecule is CC/C=C(\C)CC/C=C(\C)CCC1=C(C)CCCC1(C)C. The van der Waals surface area contributed by atoms with Crippen molar-refractivity contribution >= 4 is 0 Å². The third-order valence-corrected chi connectivity index (χ3v) is 5.04. The summed E-state index contributed by atoms with van der Waals surface area (Å²) in [6.45, 7) is 14.0. The second-order valence-electron chi connectivity index (χ2n) is 7.54. The highest BCUT2D eigenvalue weighted by Gasteiger charge is 2.27. The topological polar surface area (TPSA) is 0 Å². The van der Waals surface area contributed by atoms with E-state index in [1.165, 1.54) is 50.5 Å². The highest BCUT2D eigenvalue weighted by molar-refractivity contribution is 5.23. The summed E-state index contributed by atoms with van der Waals surface area (Å²) in [7, 11) is 0. The Morgan fingerprint density at radius 3 is 2.38 bits per heavy atom. The normalized spacial score (nSPS) is 20.1. The summed E-state index contributed by atoms with van der Waals surface area (Å²) in [6, 6.07) is 0. The number of hydrogen-bond donors (Lipinski definition) is 0. The monoisotopic (exact) mass is 288 g/mol. The van der Waals surface area contributed by atoms with Crippen LogP contribution in [0.25, 0.3) is 0 Å². The number of rotatable bonds is 7. The lowest BCUT2D eigenvalue weighted by Crippen LogP contribution is -2.20. The van der Waals surface area contributed by atoms with Crippen LogP contribution in [-0.2, 0) is 0 Å². The lowest BCUT2D eigenvalue weighted by molar-refractivity contribution is 0.354. The molecule has 0 bridgehead atoms. The summed E-state index contributed by atoms with van der Waals surface area (Å²) >= 11 is 0. The first-order valence-corrected chi connectivity index (χ1v) is 8.87. The summed E-state index contributed by atoms with van der Waals surface area (Å²) in [5.74, 6) is 0. The Morgan fingerprint density at radius 2 is 1.76 bits per heavy atom. The molecule has 0 saturated carbocycles. The summed E-state index contributed by atoms with van der Waals surface area (Å²) in [5.41, 5.74) is 6.95. The Morgan fingerprint density at radius 1 is 1.10 bits per heavy atom. The molecular weight excluding hydrogens is 252 g/mol. The van der Waals surface area contributed by atoms with Crippen molar-refractivity contribution in [2.75, 3.05) is 0 Å². The van der Waals surface area contributed by atoms with Gasteiger partial charge in [0.2, 0.25) is 0 Å². The Balaban J connectivity index is 2.48. The minimum atomic E-state index is 0.434. The minimum absolute atomic E-state index is 0.434. The molecule has 0 aromatic heterocycles. The maximum absolute atomic E-state index is 2.46. The van der Waals surface area contributed by atoms with E-state index in [4.69, 9.17) is 0 Å². The molecule has 0 atom stereocenters. The van der Waals surface area contributed by atoms with Gasteiger partial charge in [0.05, 0.1) is 0 Å². The van der Waals surface area contributed by atoms with Crippen LogP contribution in [0.15, 0.2) is 34.4 Å². The fourth-order valence-electron chi connectivity index (χ4n) is 3.65. The molecule has 21 heavy (non-hydrogen) atoms. The highest BCUT2D eigenvalue weighted by atomic mass is 14.3. The van der Waals surface area contributed by atoms with Gasteiger partial charge in [0, 0.05) is 0 Å². The smallest absolute Gasteiger partial charge is 0.0142 e. The van der Waals surface area contributed by atoms with Gasteiger partial charge in [-0.1, -0.05) is 55.2 Å². The first-order chi connectivity index (χ1) is 9.86. The van der Waals surface area contributed by atoms with Crippen LogP contribution in [0.4, 0.5) is 0 Å². The van der Waals surface area contributed by atoms with Crippen LogP contribution in [0.5, 0.6) is 0 Å². The molecule has 0 radical (unpaired) electrons. The second kappa shape index (κ2) is 8.61. The van der Waals surface area contributed by atoms with Gasteiger partial charge in [0.15, 0.2) is 0 Å². The van der Waals surface area contributed by atoms with Gasteiger partial charge in [0.1, 0.15) is 0 Å². The van der Waals surface area contributed by atoms with Gasteiger partial charge in [-0.05, 0) is 77.6 Å². The fraction of sp³-hybridized carbons (Fsp3) is 0.714. The predicted molar refractivity (Wildman–Crippen MR) is 96.6 cm³/mol. The van der Waals surface area contributed by atoms with Crippen molar-refractivity contribution in [1.29, 1.82) is 0 Å². The molecule has 1 aliphatic carbocycles. The fourth-order valence-corrected chi connectivity index (χ4v) is 3.65. The van der Waals surface area contributed by atoms with Crippen molar-refractivity contribution in [2.45, 2.75) is 92.9 Å². The summed E-state index contributed by atoms with van der Waals surface area (Å²) < 4.78 is 0. The van der Waals surface area contributed by atoms with Crippen molar-refractivity contribution in [1.82, 2.24) is 0 Å². The second-order valence-corrected chi connectivity index (χ2v) is 7.54. The van der Waals surface area contributed by atoms with Crippen LogP contribution in [0.3, 0.4) is 0 Å². The molecule has 0 fully saturated rings. The van der Waals surface area contributed by atoms with E-state index in [-0.39, 0.29) is 0 Å². The van der Waals surface area contributed by atoms with Crippen molar-refractivity contribution in [3.05, 3.63) is 34.4 Å². The van der Waals surface area contributed by atoms with Gasteiger partial charge in [-0.3, -0.25) is 0 Å². The van der Waals surface area contributed by atoms with Crippen LogP contribution in [-0.4, -0.2) is 0 Å². The molecular formula is C21H36. The van der Waals surface area contributed by atoms with Crippen LogP contribution in [0.1, 0.15) is 92.9 Å². The van der Waals surface area contributed by atoms with E-state index in [1.54, 1.807) is 16.7 Å². The van der Waals surface area contributed by atoms with E-state index < -0.39 is 0 Å². The minimum Gasteiger partial charge on any atom is -0.0859 e. The zero-order valence-electron chi connectivity index (χ0n) is 15.3. The molecule has 0 aromatic carbocycles. The lowest BCUT2D eigenvalue weighted by Gasteiger charge is -2.35. The Kier molecular flexibility index (Phi) is 7.49. The van der Waals surface area contributed by atoms with Crippen LogP contribution >= 0.6 is 0 Å². The van der Waals surface area contributed by atoms with Gasteiger partial charge in [-0.2, -0.15) is 0 Å². The van der Waals surface area contributed by atoms with E-state index in [9.17, 15) is 0 Å². The van der Waals surface area contributed by atoms with Crippen molar-refractivity contribution < 1.29 is 0 Å². The van der Waals surface area contributed by atoms with Crippen molar-refractivity contribution in [3.63, 3.8) is 0 Å². The van der Waals surface area contributed by atoms with Crippen LogP contribution in [0, 0.1) is 5.41 Å². The largest absolute Gasteiger partial charge is 0.0859 e. The first kappa shape index (κ1) is 18.3. The molecule has 120 valence electrons. The number of hydrogen-bond acceptors (Lipinski definition) is 0. The van der Waals surface area contributed by atoms with Crippen LogP contribution < -0.4 is 0 Å². The summed E-state index contributed by atoms with van der Waals surface area (Å²) in [5, 5.41) is 0. The highest BCUT2D eigenvalue weighted by Crippen LogP contribution is 2.42. The molecule has 0 aliphatic heterocycles. The zero-order chi connectivity index (χ0) is 15.9. The van der Waals surface area contributed by atoms with Gasteiger partial charge in [-0.15, -0.1) is 0 Å². The Labute approximate surface area is 133 Å². The Bertz CT molecular complexity index is 415. The van der Waals surface area contributed by atoms with Gasteiger partial charge in [0.25, 0.3) is 0 Å². The van der Waals surface area contributed by atoms with Crippen LogP contribution in [0.2, 0.25) is 0 Å². The van der Waals surface area contributed by atoms with E-state index >= 15 is 0 Å². The Hall–Kier alpha value is -0.780. The molecule has 0 N–H and O–H groups in total. The van der Waals surface area contributed by atoms with E-state index in [0.29, 0.717) is 5.41 Å². The molecule has 1 aliphatic rings. The summed E-state index contributed by atoms with van der Waals surface area (Å²) in [6.07, 6.45) is 15.0. The molecule has 0 heterocycles. The standard InChI is InChI=1S/C21H36/c1-7-10-17(2)11-8-12-18(3)14-15-20-19(4)13-9-16-21(20,5)6/h10,12H,7-9,11,13-16H2,1-6H3/b17-10+,18-12+. The quantitative estimate of drug-likeness (QED) is 0.429. The average molecular weight is 289 g/mol. The van der Waals surface area contributed by atoms with Crippen molar-refractivity contribution in [2.24, 2.45) is 5.41 Å². The van der Waals surface area contributed by atoms with Crippen molar-refractivity contribution in [3.8, 4) is 0 Å². The van der Waals surface area contributed by atoms with Gasteiger partial charge >= 0.3 is 0 Å². The zero-order valence-corrected chi connectivity index (χ0v) is 15.3. The van der Waals surface area contributed by atoms with Gasteiger partial charge < -0.3 is 0 Å². The molecule has 0 aromatic rings. The van der Waals surface area contributed by atoms with E-state index in [2.05, 4.69) is 53.7 Å². The molecule has 0 unspecified atom stereocenters. The molecule has 0 heteroatoms. The van der Waals surface area contributed by atoms with Gasteiger partial charge in [-0.25, -0.2) is 0 Å². The summed E-state index contributed by atoms with van der Waals surface area (Å²) in [4.78, 5) is 0. The van der Waals surface area contributed by atoms with E-state index in [1.807, 2.05) is 0 Å².